The van der Waals surface area contributed by atoms with Crippen molar-refractivity contribution in [3.8, 4) is 0 Å². The Labute approximate surface area is 205 Å². The summed E-state index contributed by atoms with van der Waals surface area (Å²) in [5.41, 5.74) is 0.381. The number of alkyl halides is 3. The van der Waals surface area contributed by atoms with E-state index < -0.39 is 11.9 Å². The van der Waals surface area contributed by atoms with E-state index in [1.54, 1.807) is 30.3 Å². The van der Waals surface area contributed by atoms with Crippen LogP contribution < -0.4 is 16.0 Å². The number of carbonyl (C=O) groups is 2. The highest BCUT2D eigenvalue weighted by molar-refractivity contribution is 6.31. The quantitative estimate of drug-likeness (QED) is 0.433. The van der Waals surface area contributed by atoms with Crippen LogP contribution in [0, 0.1) is 0 Å². The number of rotatable bonds is 5. The fourth-order valence-corrected chi connectivity index (χ4v) is 4.45. The predicted molar refractivity (Wildman–Crippen MR) is 129 cm³/mol. The van der Waals surface area contributed by atoms with E-state index in [0.29, 0.717) is 52.9 Å². The van der Waals surface area contributed by atoms with Crippen molar-refractivity contribution in [2.75, 3.05) is 12.4 Å². The zero-order valence-corrected chi connectivity index (χ0v) is 19.6. The van der Waals surface area contributed by atoms with Gasteiger partial charge in [-0.3, -0.25) is 9.59 Å². The standard InChI is InChI=1S/C25H24ClF3N4O2/c1-30-23(34)14-3-2-4-15(11-14)24(35)32-18-8-6-17(7-9-18)31-21-13-22(25(27,28)29)33-20-10-5-16(26)12-19(20)21/h2-5,10-13,17-18H,6-9H2,1H3,(H,30,34)(H,31,33)(H,32,35). The topological polar surface area (TPSA) is 83.1 Å². The Hall–Kier alpha value is -3.33. The molecule has 1 fully saturated rings. The number of pyridine rings is 1. The molecule has 6 nitrogen and oxygen atoms in total. The first-order chi connectivity index (χ1) is 16.6. The van der Waals surface area contributed by atoms with Crippen LogP contribution >= 0.6 is 11.6 Å². The van der Waals surface area contributed by atoms with E-state index in [-0.39, 0.29) is 29.4 Å². The molecule has 1 aliphatic carbocycles. The molecule has 0 bridgehead atoms. The van der Waals surface area contributed by atoms with Gasteiger partial charge in [-0.1, -0.05) is 17.7 Å². The number of anilines is 1. The van der Waals surface area contributed by atoms with Gasteiger partial charge in [-0.25, -0.2) is 4.98 Å². The van der Waals surface area contributed by atoms with Gasteiger partial charge in [0.15, 0.2) is 0 Å². The van der Waals surface area contributed by atoms with Crippen LogP contribution in [0.1, 0.15) is 52.1 Å². The minimum atomic E-state index is -4.57. The van der Waals surface area contributed by atoms with E-state index in [1.165, 1.54) is 19.2 Å². The molecule has 1 heterocycles. The highest BCUT2D eigenvalue weighted by atomic mass is 35.5. The van der Waals surface area contributed by atoms with Crippen LogP contribution in [-0.4, -0.2) is 35.9 Å². The molecule has 0 radical (unpaired) electrons. The van der Waals surface area contributed by atoms with Gasteiger partial charge >= 0.3 is 6.18 Å². The first-order valence-corrected chi connectivity index (χ1v) is 11.6. The van der Waals surface area contributed by atoms with Crippen LogP contribution in [0.2, 0.25) is 5.02 Å². The average molecular weight is 505 g/mol. The minimum Gasteiger partial charge on any atom is -0.382 e. The van der Waals surface area contributed by atoms with Crippen LogP contribution in [0.3, 0.4) is 0 Å². The summed E-state index contributed by atoms with van der Waals surface area (Å²) in [6, 6.07) is 11.9. The maximum atomic E-state index is 13.4. The third-order valence-corrected chi connectivity index (χ3v) is 6.33. The number of fused-ring (bicyclic) bond motifs is 1. The van der Waals surface area contributed by atoms with Crippen LogP contribution in [0.15, 0.2) is 48.5 Å². The predicted octanol–water partition coefficient (Wildman–Crippen LogP) is 5.42. The summed E-state index contributed by atoms with van der Waals surface area (Å²) in [4.78, 5) is 28.2. The van der Waals surface area contributed by atoms with Crippen molar-refractivity contribution >= 4 is 40.0 Å². The molecule has 1 aromatic heterocycles. The molecule has 0 atom stereocenters. The van der Waals surface area contributed by atoms with Crippen LogP contribution in [0.25, 0.3) is 10.9 Å². The van der Waals surface area contributed by atoms with Crippen LogP contribution in [0.5, 0.6) is 0 Å². The summed E-state index contributed by atoms with van der Waals surface area (Å²) >= 11 is 6.08. The minimum absolute atomic E-state index is 0.0644. The number of halogens is 4. The van der Waals surface area contributed by atoms with Gasteiger partial charge in [0.25, 0.3) is 11.8 Å². The Bertz CT molecular complexity index is 1260. The van der Waals surface area contributed by atoms with Gasteiger partial charge in [0.2, 0.25) is 0 Å². The SMILES string of the molecule is CNC(=O)c1cccc(C(=O)NC2CCC(Nc3cc(C(F)(F)F)nc4ccc(Cl)cc34)CC2)c1. The number of hydrogen-bond acceptors (Lipinski definition) is 4. The van der Waals surface area contributed by atoms with Crippen molar-refractivity contribution in [2.45, 2.75) is 43.9 Å². The normalized spacial score (nSPS) is 18.2. The van der Waals surface area contributed by atoms with Gasteiger partial charge in [0, 0.05) is 46.4 Å². The monoisotopic (exact) mass is 504 g/mol. The van der Waals surface area contributed by atoms with Crippen LogP contribution in [0.4, 0.5) is 18.9 Å². The lowest BCUT2D eigenvalue weighted by Gasteiger charge is -2.31. The molecule has 3 N–H and O–H groups in total. The van der Waals surface area contributed by atoms with E-state index >= 15 is 0 Å². The van der Waals surface area contributed by atoms with E-state index in [2.05, 4.69) is 20.9 Å². The average Bonchev–Trinajstić information content (AvgIpc) is 2.84. The molecule has 1 aliphatic rings. The van der Waals surface area contributed by atoms with Crippen molar-refractivity contribution in [3.05, 3.63) is 70.4 Å². The van der Waals surface area contributed by atoms with Gasteiger partial charge < -0.3 is 16.0 Å². The Morgan fingerprint density at radius 1 is 0.943 bits per heavy atom. The molecule has 0 aliphatic heterocycles. The third-order valence-electron chi connectivity index (χ3n) is 6.10. The molecular weight excluding hydrogens is 481 g/mol. The van der Waals surface area contributed by atoms with Crippen molar-refractivity contribution in [1.82, 2.24) is 15.6 Å². The molecule has 2 aromatic carbocycles. The fourth-order valence-electron chi connectivity index (χ4n) is 4.28. The number of nitrogens with zero attached hydrogens (tertiary/aromatic N) is 1. The highest BCUT2D eigenvalue weighted by Crippen LogP contribution is 2.35. The lowest BCUT2D eigenvalue weighted by atomic mass is 9.90. The molecule has 1 saturated carbocycles. The van der Waals surface area contributed by atoms with E-state index in [0.717, 1.165) is 6.07 Å². The summed E-state index contributed by atoms with van der Waals surface area (Å²) in [5, 5.41) is 9.70. The Morgan fingerprint density at radius 3 is 2.26 bits per heavy atom. The zero-order chi connectivity index (χ0) is 25.2. The lowest BCUT2D eigenvalue weighted by molar-refractivity contribution is -0.140. The molecule has 0 saturated heterocycles. The van der Waals surface area contributed by atoms with Gasteiger partial charge in [-0.05, 0) is 68.1 Å². The van der Waals surface area contributed by atoms with Crippen molar-refractivity contribution in [2.24, 2.45) is 0 Å². The maximum Gasteiger partial charge on any atom is 0.433 e. The van der Waals surface area contributed by atoms with Crippen molar-refractivity contribution in [1.29, 1.82) is 0 Å². The zero-order valence-electron chi connectivity index (χ0n) is 18.9. The number of amides is 2. The Kier molecular flexibility index (Phi) is 7.16. The molecule has 35 heavy (non-hydrogen) atoms. The maximum absolute atomic E-state index is 13.4. The number of aromatic nitrogens is 1. The summed E-state index contributed by atoms with van der Waals surface area (Å²) in [6.45, 7) is 0. The number of benzene rings is 2. The van der Waals surface area contributed by atoms with Gasteiger partial charge in [0.1, 0.15) is 5.69 Å². The summed E-state index contributed by atoms with van der Waals surface area (Å²) in [6.07, 6.45) is -1.92. The first-order valence-electron chi connectivity index (χ1n) is 11.2. The molecule has 0 unspecified atom stereocenters. The Balaban J connectivity index is 1.42. The summed E-state index contributed by atoms with van der Waals surface area (Å²) in [5.74, 6) is -0.540. The Morgan fingerprint density at radius 2 is 1.60 bits per heavy atom. The fraction of sp³-hybridized carbons (Fsp3) is 0.320. The van der Waals surface area contributed by atoms with Crippen LogP contribution in [-0.2, 0) is 6.18 Å². The molecule has 3 aromatic rings. The molecule has 4 rings (SSSR count). The first kappa shape index (κ1) is 24.8. The molecule has 10 heteroatoms. The second-order valence-corrected chi connectivity index (χ2v) is 8.98. The lowest BCUT2D eigenvalue weighted by Crippen LogP contribution is -2.40. The van der Waals surface area contributed by atoms with Gasteiger partial charge in [0.05, 0.1) is 5.52 Å². The molecule has 2 amide bonds. The number of nitrogens with one attached hydrogen (secondary N) is 3. The van der Waals surface area contributed by atoms with Crippen molar-refractivity contribution in [3.63, 3.8) is 0 Å². The third kappa shape index (κ3) is 5.85. The largest absolute Gasteiger partial charge is 0.433 e. The highest BCUT2D eigenvalue weighted by Gasteiger charge is 2.34. The molecule has 0 spiro atoms. The van der Waals surface area contributed by atoms with E-state index in [1.807, 2.05) is 0 Å². The number of hydrogen-bond donors (Lipinski definition) is 3. The second-order valence-electron chi connectivity index (χ2n) is 8.54. The van der Waals surface area contributed by atoms with E-state index in [9.17, 15) is 22.8 Å². The molecule has 184 valence electrons. The number of carbonyl (C=O) groups excluding carboxylic acids is 2. The van der Waals surface area contributed by atoms with Gasteiger partial charge in [-0.2, -0.15) is 13.2 Å². The van der Waals surface area contributed by atoms with E-state index in [4.69, 9.17) is 11.6 Å². The van der Waals surface area contributed by atoms with Gasteiger partial charge in [-0.15, -0.1) is 0 Å². The second kappa shape index (κ2) is 10.1. The molecular formula is C25H24ClF3N4O2. The summed E-state index contributed by atoms with van der Waals surface area (Å²) in [7, 11) is 1.52. The summed E-state index contributed by atoms with van der Waals surface area (Å²) < 4.78 is 40.1. The smallest absolute Gasteiger partial charge is 0.382 e. The van der Waals surface area contributed by atoms with Crippen molar-refractivity contribution < 1.29 is 22.8 Å².